The van der Waals surface area contributed by atoms with Gasteiger partial charge in [0.05, 0.1) is 0 Å². The van der Waals surface area contributed by atoms with Crippen molar-refractivity contribution in [3.8, 4) is 0 Å². The molecule has 0 aromatic carbocycles. The SMILES string of the molecule is CC(C)C1CCCC(C(C)C)C1N(C)C1CCC(C2OC2NCCCCCCC2OC2NO)CC1. The molecule has 0 aromatic heterocycles. The molecule has 0 bridgehead atoms. The van der Waals surface area contributed by atoms with Crippen LogP contribution in [0.15, 0.2) is 0 Å². The predicted octanol–water partition coefficient (Wildman–Crippen LogP) is 5.54. The monoisotopic (exact) mass is 493 g/mol. The molecule has 4 fully saturated rings. The van der Waals surface area contributed by atoms with Gasteiger partial charge in [0.15, 0.2) is 6.23 Å². The highest BCUT2D eigenvalue weighted by Gasteiger charge is 2.47. The van der Waals surface area contributed by atoms with E-state index in [2.05, 4.69) is 50.4 Å². The van der Waals surface area contributed by atoms with E-state index in [9.17, 15) is 0 Å². The van der Waals surface area contributed by atoms with Crippen molar-refractivity contribution in [2.45, 2.75) is 141 Å². The van der Waals surface area contributed by atoms with E-state index in [1.165, 1.54) is 70.6 Å². The molecule has 4 aliphatic rings. The molecule has 2 aliphatic heterocycles. The summed E-state index contributed by atoms with van der Waals surface area (Å²) in [6.45, 7) is 10.9. The van der Waals surface area contributed by atoms with Crippen molar-refractivity contribution in [3.63, 3.8) is 0 Å². The fourth-order valence-corrected chi connectivity index (χ4v) is 7.58. The molecule has 2 saturated carbocycles. The van der Waals surface area contributed by atoms with E-state index >= 15 is 0 Å². The second kappa shape index (κ2) is 13.0. The van der Waals surface area contributed by atoms with Gasteiger partial charge >= 0.3 is 0 Å². The summed E-state index contributed by atoms with van der Waals surface area (Å²) in [7, 11) is 2.46. The molecule has 2 saturated heterocycles. The topological polar surface area (TPSA) is 72.6 Å². The standard InChI is InChI=1S/C29H55N3O3/c1-19(2)23-11-10-12-24(20(3)4)26(23)32(5)22-16-14-21(15-17-22)27-29(35-27)30-18-9-7-6-8-13-25-28(31-33)34-25/h19-31,33H,6-18H2,1-5H3. The Bertz CT molecular complexity index is 608. The molecule has 0 amide bonds. The third kappa shape index (κ3) is 7.42. The van der Waals surface area contributed by atoms with Gasteiger partial charge in [-0.05, 0) is 94.5 Å². The molecule has 0 radical (unpaired) electrons. The first-order valence-electron chi connectivity index (χ1n) is 15.1. The molecule has 6 unspecified atom stereocenters. The first-order chi connectivity index (χ1) is 16.9. The van der Waals surface area contributed by atoms with E-state index < -0.39 is 0 Å². The zero-order chi connectivity index (χ0) is 24.9. The number of nitrogens with one attached hydrogen (secondary N) is 2. The first-order valence-corrected chi connectivity index (χ1v) is 15.1. The maximum absolute atomic E-state index is 8.77. The van der Waals surface area contributed by atoms with Crippen LogP contribution in [-0.2, 0) is 9.47 Å². The number of ether oxygens (including phenoxy) is 2. The van der Waals surface area contributed by atoms with Gasteiger partial charge < -0.3 is 14.7 Å². The average molecular weight is 494 g/mol. The van der Waals surface area contributed by atoms with Gasteiger partial charge in [0.2, 0.25) is 0 Å². The second-order valence-electron chi connectivity index (χ2n) is 12.9. The van der Waals surface area contributed by atoms with E-state index in [0.29, 0.717) is 12.3 Å². The van der Waals surface area contributed by atoms with E-state index in [1.807, 2.05) is 0 Å². The van der Waals surface area contributed by atoms with Gasteiger partial charge in [-0.2, -0.15) is 5.48 Å². The van der Waals surface area contributed by atoms with Crippen LogP contribution in [0.1, 0.15) is 105 Å². The minimum atomic E-state index is -0.114. The van der Waals surface area contributed by atoms with Crippen molar-refractivity contribution in [2.24, 2.45) is 29.6 Å². The molecule has 6 atom stereocenters. The molecular weight excluding hydrogens is 438 g/mol. The van der Waals surface area contributed by atoms with Crippen molar-refractivity contribution in [1.82, 2.24) is 15.7 Å². The number of hydroxylamine groups is 1. The lowest BCUT2D eigenvalue weighted by molar-refractivity contribution is -0.00713. The van der Waals surface area contributed by atoms with Crippen molar-refractivity contribution in [3.05, 3.63) is 0 Å². The van der Waals surface area contributed by atoms with Crippen LogP contribution in [0.25, 0.3) is 0 Å². The quantitative estimate of drug-likeness (QED) is 0.168. The zero-order valence-corrected chi connectivity index (χ0v) is 23.3. The minimum Gasteiger partial charge on any atom is -0.353 e. The van der Waals surface area contributed by atoms with E-state index in [4.69, 9.17) is 14.7 Å². The van der Waals surface area contributed by atoms with Crippen LogP contribution in [-0.4, -0.2) is 60.4 Å². The van der Waals surface area contributed by atoms with Crippen molar-refractivity contribution < 1.29 is 14.7 Å². The molecule has 2 aliphatic carbocycles. The normalized spacial score (nSPS) is 39.5. The summed E-state index contributed by atoms with van der Waals surface area (Å²) < 4.78 is 11.4. The summed E-state index contributed by atoms with van der Waals surface area (Å²) in [6.07, 6.45) is 16.4. The number of rotatable bonds is 14. The van der Waals surface area contributed by atoms with Crippen LogP contribution in [0.4, 0.5) is 0 Å². The van der Waals surface area contributed by atoms with Crippen LogP contribution >= 0.6 is 0 Å². The highest BCUT2D eigenvalue weighted by molar-refractivity contribution is 4.96. The van der Waals surface area contributed by atoms with Gasteiger partial charge in [-0.3, -0.25) is 10.2 Å². The summed E-state index contributed by atoms with van der Waals surface area (Å²) in [4.78, 5) is 2.85. The third-order valence-corrected chi connectivity index (χ3v) is 9.91. The maximum Gasteiger partial charge on any atom is 0.156 e. The van der Waals surface area contributed by atoms with Gasteiger partial charge in [-0.1, -0.05) is 53.4 Å². The summed E-state index contributed by atoms with van der Waals surface area (Å²) >= 11 is 0. The second-order valence-corrected chi connectivity index (χ2v) is 12.9. The minimum absolute atomic E-state index is 0.114. The van der Waals surface area contributed by atoms with E-state index in [-0.39, 0.29) is 12.3 Å². The number of nitrogens with zero attached hydrogens (tertiary/aromatic N) is 1. The molecule has 0 spiro atoms. The highest BCUT2D eigenvalue weighted by Crippen LogP contribution is 2.44. The van der Waals surface area contributed by atoms with Gasteiger partial charge in [0, 0.05) is 12.1 Å². The van der Waals surface area contributed by atoms with Gasteiger partial charge in [0.1, 0.15) is 18.4 Å². The molecule has 35 heavy (non-hydrogen) atoms. The number of epoxide rings is 2. The van der Waals surface area contributed by atoms with Gasteiger partial charge in [-0.25, -0.2) is 0 Å². The van der Waals surface area contributed by atoms with E-state index in [0.717, 1.165) is 54.6 Å². The number of hydrogen-bond acceptors (Lipinski definition) is 6. The third-order valence-electron chi connectivity index (χ3n) is 9.91. The van der Waals surface area contributed by atoms with Crippen LogP contribution in [0, 0.1) is 29.6 Å². The van der Waals surface area contributed by atoms with E-state index in [1.54, 1.807) is 0 Å². The van der Waals surface area contributed by atoms with Gasteiger partial charge in [0.25, 0.3) is 0 Å². The Morgan fingerprint density at radius 1 is 0.829 bits per heavy atom. The van der Waals surface area contributed by atoms with Crippen LogP contribution in [0.3, 0.4) is 0 Å². The van der Waals surface area contributed by atoms with Gasteiger partial charge in [-0.15, -0.1) is 0 Å². The molecule has 0 aromatic rings. The first kappa shape index (κ1) is 27.8. The fourth-order valence-electron chi connectivity index (χ4n) is 7.58. The highest BCUT2D eigenvalue weighted by atomic mass is 16.7. The molecule has 6 heteroatoms. The molecule has 3 N–H and O–H groups in total. The molecule has 204 valence electrons. The Kier molecular flexibility index (Phi) is 10.3. The lowest BCUT2D eigenvalue weighted by atomic mass is 9.67. The van der Waals surface area contributed by atoms with Crippen molar-refractivity contribution in [1.29, 1.82) is 0 Å². The number of unbranched alkanes of at least 4 members (excludes halogenated alkanes) is 3. The Balaban J connectivity index is 1.11. The smallest absolute Gasteiger partial charge is 0.156 e. The van der Waals surface area contributed by atoms with Crippen molar-refractivity contribution >= 4 is 0 Å². The lowest BCUT2D eigenvalue weighted by Gasteiger charge is -2.50. The molecule has 2 heterocycles. The Hall–Kier alpha value is -0.240. The lowest BCUT2D eigenvalue weighted by Crippen LogP contribution is -2.53. The van der Waals surface area contributed by atoms with Crippen LogP contribution in [0.5, 0.6) is 0 Å². The van der Waals surface area contributed by atoms with Crippen molar-refractivity contribution in [2.75, 3.05) is 13.6 Å². The Morgan fingerprint density at radius 3 is 2.09 bits per heavy atom. The summed E-state index contributed by atoms with van der Waals surface area (Å²) in [5.74, 6) is 4.04. The number of hydrogen-bond donors (Lipinski definition) is 3. The van der Waals surface area contributed by atoms with Crippen LogP contribution in [0.2, 0.25) is 0 Å². The predicted molar refractivity (Wildman–Crippen MR) is 141 cm³/mol. The summed E-state index contributed by atoms with van der Waals surface area (Å²) in [5.41, 5.74) is 2.19. The Morgan fingerprint density at radius 2 is 1.49 bits per heavy atom. The maximum atomic E-state index is 8.77. The fraction of sp³-hybridized carbons (Fsp3) is 1.00. The molecule has 4 rings (SSSR count). The van der Waals surface area contributed by atoms with Crippen LogP contribution < -0.4 is 10.8 Å². The molecule has 6 nitrogen and oxygen atoms in total. The Labute approximate surface area is 215 Å². The largest absolute Gasteiger partial charge is 0.353 e. The molecular formula is C29H55N3O3. The summed E-state index contributed by atoms with van der Waals surface area (Å²) in [5, 5.41) is 12.4. The average Bonchev–Trinajstić information content (AvgIpc) is 3.78. The summed E-state index contributed by atoms with van der Waals surface area (Å²) in [6, 6.07) is 1.52. The zero-order valence-electron chi connectivity index (χ0n) is 23.3.